The first-order valence-corrected chi connectivity index (χ1v) is 4.86. The Hall–Kier alpha value is -1.75. The lowest BCUT2D eigenvalue weighted by Gasteiger charge is -2.08. The molecule has 1 aromatic heterocycles. The molecule has 1 atom stereocenters. The van der Waals surface area contributed by atoms with Crippen molar-refractivity contribution in [1.82, 2.24) is 9.97 Å². The molecule has 5 N–H and O–H groups in total. The van der Waals surface area contributed by atoms with Gasteiger partial charge in [-0.1, -0.05) is 0 Å². The van der Waals surface area contributed by atoms with E-state index in [1.54, 1.807) is 0 Å². The van der Waals surface area contributed by atoms with Crippen molar-refractivity contribution in [3.05, 3.63) is 28.7 Å². The van der Waals surface area contributed by atoms with Crippen LogP contribution in [0.25, 0.3) is 11.0 Å². The highest BCUT2D eigenvalue weighted by atomic mass is 16.1. The topological polar surface area (TPSA) is 86.7 Å². The van der Waals surface area contributed by atoms with Gasteiger partial charge in [-0.05, 0) is 25.1 Å². The zero-order valence-electron chi connectivity index (χ0n) is 8.50. The van der Waals surface area contributed by atoms with E-state index in [1.165, 1.54) is 0 Å². The Bertz CT molecular complexity index is 511. The van der Waals surface area contributed by atoms with E-state index in [1.807, 2.05) is 25.1 Å². The molecule has 0 aliphatic rings. The molecule has 0 spiro atoms. The van der Waals surface area contributed by atoms with Crippen molar-refractivity contribution in [1.29, 1.82) is 0 Å². The average Bonchev–Trinajstić information content (AvgIpc) is 2.53. The number of H-pyrrole nitrogens is 2. The van der Waals surface area contributed by atoms with Gasteiger partial charge in [0.15, 0.2) is 0 Å². The monoisotopic (exact) mass is 206 g/mol. The van der Waals surface area contributed by atoms with Gasteiger partial charge in [0.2, 0.25) is 0 Å². The molecule has 0 bridgehead atoms. The van der Waals surface area contributed by atoms with Crippen LogP contribution < -0.4 is 16.7 Å². The third-order valence-corrected chi connectivity index (χ3v) is 2.14. The van der Waals surface area contributed by atoms with Crippen molar-refractivity contribution in [2.75, 3.05) is 11.9 Å². The number of aromatic amines is 2. The standard InChI is InChI=1S/C10H14N4O/c1-6(11)5-12-7-2-3-8-9(4-7)14-10(15)13-8/h2-4,6,12H,5,11H2,1H3,(H2,13,14,15). The number of nitrogens with one attached hydrogen (secondary N) is 3. The fourth-order valence-electron chi connectivity index (χ4n) is 1.42. The molecule has 1 heterocycles. The Balaban J connectivity index is 2.26. The molecule has 0 saturated heterocycles. The van der Waals surface area contributed by atoms with Crippen LogP contribution in [0.2, 0.25) is 0 Å². The molecule has 0 saturated carbocycles. The lowest BCUT2D eigenvalue weighted by atomic mass is 10.2. The lowest BCUT2D eigenvalue weighted by molar-refractivity contribution is 0.780. The van der Waals surface area contributed by atoms with Crippen molar-refractivity contribution >= 4 is 16.7 Å². The highest BCUT2D eigenvalue weighted by Gasteiger charge is 2.00. The molecule has 80 valence electrons. The first-order valence-electron chi connectivity index (χ1n) is 4.86. The first-order chi connectivity index (χ1) is 7.15. The molecule has 5 nitrogen and oxygen atoms in total. The van der Waals surface area contributed by atoms with Gasteiger partial charge in [0, 0.05) is 18.3 Å². The smallest absolute Gasteiger partial charge is 0.323 e. The Morgan fingerprint density at radius 2 is 2.13 bits per heavy atom. The molecule has 1 aromatic carbocycles. The number of rotatable bonds is 3. The fourth-order valence-corrected chi connectivity index (χ4v) is 1.42. The number of hydrogen-bond acceptors (Lipinski definition) is 3. The molecule has 5 heteroatoms. The van der Waals surface area contributed by atoms with E-state index < -0.39 is 0 Å². The summed E-state index contributed by atoms with van der Waals surface area (Å²) in [7, 11) is 0. The highest BCUT2D eigenvalue weighted by molar-refractivity contribution is 5.78. The Labute approximate surface area is 86.7 Å². The third kappa shape index (κ3) is 2.19. The van der Waals surface area contributed by atoms with Crippen molar-refractivity contribution in [3.8, 4) is 0 Å². The summed E-state index contributed by atoms with van der Waals surface area (Å²) in [6, 6.07) is 5.76. The predicted octanol–water partition coefficient (Wildman–Crippen LogP) is 0.615. The second-order valence-electron chi connectivity index (χ2n) is 3.70. The maximum Gasteiger partial charge on any atom is 0.323 e. The summed E-state index contributed by atoms with van der Waals surface area (Å²) >= 11 is 0. The number of benzene rings is 1. The summed E-state index contributed by atoms with van der Waals surface area (Å²) < 4.78 is 0. The minimum Gasteiger partial charge on any atom is -0.383 e. The molecule has 0 fully saturated rings. The van der Waals surface area contributed by atoms with E-state index in [0.29, 0.717) is 6.54 Å². The van der Waals surface area contributed by atoms with Gasteiger partial charge < -0.3 is 21.0 Å². The number of imidazole rings is 1. The summed E-state index contributed by atoms with van der Waals surface area (Å²) in [5, 5.41) is 3.18. The third-order valence-electron chi connectivity index (χ3n) is 2.14. The van der Waals surface area contributed by atoms with Gasteiger partial charge in [-0.3, -0.25) is 0 Å². The van der Waals surface area contributed by atoms with Crippen molar-refractivity contribution in [3.63, 3.8) is 0 Å². The molecule has 0 amide bonds. The Morgan fingerprint density at radius 1 is 1.40 bits per heavy atom. The normalized spacial score (nSPS) is 12.9. The van der Waals surface area contributed by atoms with Crippen LogP contribution in [0.15, 0.2) is 23.0 Å². The van der Waals surface area contributed by atoms with Gasteiger partial charge in [0.05, 0.1) is 11.0 Å². The molecule has 0 radical (unpaired) electrons. The molecule has 1 unspecified atom stereocenters. The molecule has 0 aliphatic carbocycles. The van der Waals surface area contributed by atoms with Gasteiger partial charge in [0.1, 0.15) is 0 Å². The van der Waals surface area contributed by atoms with Crippen LogP contribution in [0.1, 0.15) is 6.92 Å². The van der Waals surface area contributed by atoms with Crippen LogP contribution >= 0.6 is 0 Å². The minimum atomic E-state index is -0.186. The Morgan fingerprint density at radius 3 is 2.87 bits per heavy atom. The van der Waals surface area contributed by atoms with Crippen LogP contribution in [-0.2, 0) is 0 Å². The van der Waals surface area contributed by atoms with Crippen LogP contribution in [0.5, 0.6) is 0 Å². The van der Waals surface area contributed by atoms with E-state index in [0.717, 1.165) is 16.7 Å². The second-order valence-corrected chi connectivity index (χ2v) is 3.70. The summed E-state index contributed by atoms with van der Waals surface area (Å²) in [6.07, 6.45) is 0. The number of nitrogens with two attached hydrogens (primary N) is 1. The van der Waals surface area contributed by atoms with Crippen molar-refractivity contribution < 1.29 is 0 Å². The van der Waals surface area contributed by atoms with Crippen LogP contribution in [0, 0.1) is 0 Å². The number of fused-ring (bicyclic) bond motifs is 1. The number of anilines is 1. The molecule has 2 rings (SSSR count). The summed E-state index contributed by atoms with van der Waals surface area (Å²) in [5.41, 5.74) is 8.01. The van der Waals surface area contributed by atoms with Gasteiger partial charge in [-0.15, -0.1) is 0 Å². The quantitative estimate of drug-likeness (QED) is 0.593. The van der Waals surface area contributed by atoms with Gasteiger partial charge in [-0.25, -0.2) is 4.79 Å². The lowest BCUT2D eigenvalue weighted by Crippen LogP contribution is -2.25. The Kier molecular flexibility index (Phi) is 2.47. The largest absolute Gasteiger partial charge is 0.383 e. The molecular weight excluding hydrogens is 192 g/mol. The second kappa shape index (κ2) is 3.78. The zero-order chi connectivity index (χ0) is 10.8. The van der Waals surface area contributed by atoms with Crippen LogP contribution in [0.3, 0.4) is 0 Å². The molecule has 0 aliphatic heterocycles. The minimum absolute atomic E-state index is 0.103. The zero-order valence-corrected chi connectivity index (χ0v) is 8.50. The van der Waals surface area contributed by atoms with E-state index >= 15 is 0 Å². The van der Waals surface area contributed by atoms with Gasteiger partial charge >= 0.3 is 5.69 Å². The molecule has 2 aromatic rings. The van der Waals surface area contributed by atoms with E-state index in [-0.39, 0.29) is 11.7 Å². The van der Waals surface area contributed by atoms with Gasteiger partial charge in [-0.2, -0.15) is 0 Å². The highest BCUT2D eigenvalue weighted by Crippen LogP contribution is 2.14. The van der Waals surface area contributed by atoms with Gasteiger partial charge in [0.25, 0.3) is 0 Å². The number of hydrogen-bond donors (Lipinski definition) is 4. The van der Waals surface area contributed by atoms with E-state index in [2.05, 4.69) is 15.3 Å². The average molecular weight is 206 g/mol. The maximum absolute atomic E-state index is 11.0. The predicted molar refractivity (Wildman–Crippen MR) is 61.1 cm³/mol. The van der Waals surface area contributed by atoms with E-state index in [9.17, 15) is 4.79 Å². The first kappa shape index (κ1) is 9.79. The molecule has 15 heavy (non-hydrogen) atoms. The van der Waals surface area contributed by atoms with Crippen molar-refractivity contribution in [2.45, 2.75) is 13.0 Å². The fraction of sp³-hybridized carbons (Fsp3) is 0.300. The summed E-state index contributed by atoms with van der Waals surface area (Å²) in [4.78, 5) is 16.4. The molecular formula is C10H14N4O. The summed E-state index contributed by atoms with van der Waals surface area (Å²) in [5.74, 6) is 0. The van der Waals surface area contributed by atoms with E-state index in [4.69, 9.17) is 5.73 Å². The number of aromatic nitrogens is 2. The maximum atomic E-state index is 11.0. The SMILES string of the molecule is CC(N)CNc1ccc2[nH]c(=O)[nH]c2c1. The summed E-state index contributed by atoms with van der Waals surface area (Å²) in [6.45, 7) is 2.64. The van der Waals surface area contributed by atoms with Crippen molar-refractivity contribution in [2.24, 2.45) is 5.73 Å². The van der Waals surface area contributed by atoms with Crippen LogP contribution in [-0.4, -0.2) is 22.6 Å². The van der Waals surface area contributed by atoms with Crippen LogP contribution in [0.4, 0.5) is 5.69 Å².